The molecule has 0 bridgehead atoms. The molecule has 124 valence electrons. The van der Waals surface area contributed by atoms with E-state index in [9.17, 15) is 9.59 Å². The first-order chi connectivity index (χ1) is 11.9. The molecule has 25 heavy (non-hydrogen) atoms. The fraction of sp³-hybridized carbons (Fsp3) is 0.158. The van der Waals surface area contributed by atoms with Crippen molar-refractivity contribution >= 4 is 23.2 Å². The van der Waals surface area contributed by atoms with Gasteiger partial charge in [0.05, 0.1) is 22.5 Å². The molecule has 0 fully saturated rings. The summed E-state index contributed by atoms with van der Waals surface area (Å²) >= 11 is 0. The van der Waals surface area contributed by atoms with Crippen molar-refractivity contribution in [3.8, 4) is 12.1 Å². The zero-order valence-corrected chi connectivity index (χ0v) is 13.8. The molecule has 0 saturated heterocycles. The summed E-state index contributed by atoms with van der Waals surface area (Å²) in [6.45, 7) is 2.95. The van der Waals surface area contributed by atoms with Crippen molar-refractivity contribution in [3.63, 3.8) is 0 Å². The summed E-state index contributed by atoms with van der Waals surface area (Å²) in [5, 5.41) is 23.4. The third-order valence-corrected chi connectivity index (χ3v) is 3.73. The second-order valence-electron chi connectivity index (χ2n) is 5.85. The van der Waals surface area contributed by atoms with E-state index < -0.39 is 17.2 Å². The minimum Gasteiger partial charge on any atom is -0.324 e. The molecule has 0 aliphatic carbocycles. The van der Waals surface area contributed by atoms with E-state index in [-0.39, 0.29) is 0 Å². The standard InChI is InChI=1S/C19H16N4O2/c1-19(2,17(24)22-15-9-5-3-7-13(15)11-20)18(25)23-16-10-6-4-8-14(16)12-21/h3-10H,1-2H3,(H,22,24)(H,23,25). The van der Waals surface area contributed by atoms with Crippen LogP contribution in [-0.2, 0) is 9.59 Å². The number of rotatable bonds is 4. The molecule has 0 aromatic heterocycles. The van der Waals surface area contributed by atoms with Crippen LogP contribution in [0.1, 0.15) is 25.0 Å². The normalized spacial score (nSPS) is 10.2. The van der Waals surface area contributed by atoms with Crippen LogP contribution in [0.3, 0.4) is 0 Å². The van der Waals surface area contributed by atoms with Crippen molar-refractivity contribution in [1.29, 1.82) is 10.5 Å². The van der Waals surface area contributed by atoms with Crippen molar-refractivity contribution in [2.24, 2.45) is 5.41 Å². The van der Waals surface area contributed by atoms with Gasteiger partial charge in [0, 0.05) is 0 Å². The van der Waals surface area contributed by atoms with E-state index in [1.807, 2.05) is 12.1 Å². The van der Waals surface area contributed by atoms with E-state index in [0.29, 0.717) is 22.5 Å². The summed E-state index contributed by atoms with van der Waals surface area (Å²) in [6, 6.07) is 17.1. The van der Waals surface area contributed by atoms with Gasteiger partial charge < -0.3 is 10.6 Å². The number of nitrogens with zero attached hydrogens (tertiary/aromatic N) is 2. The second kappa shape index (κ2) is 7.29. The Morgan fingerprint density at radius 1 is 0.800 bits per heavy atom. The Labute approximate surface area is 145 Å². The molecule has 2 aromatic carbocycles. The lowest BCUT2D eigenvalue weighted by Crippen LogP contribution is -2.41. The molecule has 2 N–H and O–H groups in total. The van der Waals surface area contributed by atoms with Gasteiger partial charge in [0.2, 0.25) is 11.8 Å². The Bertz CT molecular complexity index is 831. The van der Waals surface area contributed by atoms with Gasteiger partial charge >= 0.3 is 0 Å². The Balaban J connectivity index is 2.19. The topological polar surface area (TPSA) is 106 Å². The largest absolute Gasteiger partial charge is 0.324 e. The predicted octanol–water partition coefficient (Wildman–Crippen LogP) is 3.03. The lowest BCUT2D eigenvalue weighted by Gasteiger charge is -2.23. The molecular weight excluding hydrogens is 316 g/mol. The van der Waals surface area contributed by atoms with E-state index in [4.69, 9.17) is 10.5 Å². The molecule has 0 saturated carbocycles. The summed E-state index contributed by atoms with van der Waals surface area (Å²) < 4.78 is 0. The summed E-state index contributed by atoms with van der Waals surface area (Å²) in [4.78, 5) is 25.1. The maximum atomic E-state index is 12.5. The van der Waals surface area contributed by atoms with Crippen LogP contribution in [0, 0.1) is 28.1 Å². The predicted molar refractivity (Wildman–Crippen MR) is 93.4 cm³/mol. The van der Waals surface area contributed by atoms with E-state index in [1.165, 1.54) is 13.8 Å². The van der Waals surface area contributed by atoms with Crippen LogP contribution in [0.2, 0.25) is 0 Å². The molecule has 6 nitrogen and oxygen atoms in total. The van der Waals surface area contributed by atoms with Gasteiger partial charge in [0.25, 0.3) is 0 Å². The van der Waals surface area contributed by atoms with Gasteiger partial charge in [0.15, 0.2) is 0 Å². The SMILES string of the molecule is CC(C)(C(=O)Nc1ccccc1C#N)C(=O)Nc1ccccc1C#N. The summed E-state index contributed by atoms with van der Waals surface area (Å²) in [5.74, 6) is -1.11. The highest BCUT2D eigenvalue weighted by atomic mass is 16.2. The number of para-hydroxylation sites is 2. The first kappa shape index (κ1) is 17.7. The Kier molecular flexibility index (Phi) is 5.16. The minimum absolute atomic E-state index is 0.307. The molecule has 2 rings (SSSR count). The summed E-state index contributed by atoms with van der Waals surface area (Å²) in [7, 11) is 0. The van der Waals surface area contributed by atoms with Crippen LogP contribution >= 0.6 is 0 Å². The van der Waals surface area contributed by atoms with Crippen molar-refractivity contribution < 1.29 is 9.59 Å². The van der Waals surface area contributed by atoms with Crippen molar-refractivity contribution in [2.75, 3.05) is 10.6 Å². The molecule has 0 heterocycles. The number of benzene rings is 2. The molecular formula is C19H16N4O2. The van der Waals surface area contributed by atoms with Gasteiger partial charge in [-0.1, -0.05) is 24.3 Å². The van der Waals surface area contributed by atoms with Crippen molar-refractivity contribution in [2.45, 2.75) is 13.8 Å². The molecule has 0 aliphatic heterocycles. The van der Waals surface area contributed by atoms with Gasteiger partial charge in [0.1, 0.15) is 17.6 Å². The quantitative estimate of drug-likeness (QED) is 0.839. The van der Waals surface area contributed by atoms with Crippen LogP contribution < -0.4 is 10.6 Å². The average Bonchev–Trinajstić information content (AvgIpc) is 2.62. The van der Waals surface area contributed by atoms with Gasteiger partial charge in [-0.3, -0.25) is 9.59 Å². The Hall–Kier alpha value is -3.64. The first-order valence-corrected chi connectivity index (χ1v) is 7.51. The second-order valence-corrected chi connectivity index (χ2v) is 5.85. The summed E-state index contributed by atoms with van der Waals surface area (Å²) in [6.07, 6.45) is 0. The fourth-order valence-corrected chi connectivity index (χ4v) is 2.04. The number of anilines is 2. The Morgan fingerprint density at radius 3 is 1.52 bits per heavy atom. The van der Waals surface area contributed by atoms with Crippen LogP contribution in [0.25, 0.3) is 0 Å². The van der Waals surface area contributed by atoms with E-state index in [0.717, 1.165) is 0 Å². The number of hydrogen-bond donors (Lipinski definition) is 2. The van der Waals surface area contributed by atoms with Crippen LogP contribution in [0.15, 0.2) is 48.5 Å². The highest BCUT2D eigenvalue weighted by Gasteiger charge is 2.36. The summed E-state index contributed by atoms with van der Waals surface area (Å²) in [5.41, 5.74) is -0.115. The van der Waals surface area contributed by atoms with Crippen molar-refractivity contribution in [1.82, 2.24) is 0 Å². The molecule has 6 heteroatoms. The number of amides is 2. The average molecular weight is 332 g/mol. The van der Waals surface area contributed by atoms with Crippen LogP contribution in [0.4, 0.5) is 11.4 Å². The number of carbonyl (C=O) groups is 2. The number of hydrogen-bond acceptors (Lipinski definition) is 4. The molecule has 2 amide bonds. The van der Waals surface area contributed by atoms with Gasteiger partial charge in [-0.15, -0.1) is 0 Å². The third kappa shape index (κ3) is 3.82. The maximum absolute atomic E-state index is 12.5. The monoisotopic (exact) mass is 332 g/mol. The maximum Gasteiger partial charge on any atom is 0.239 e. The smallest absolute Gasteiger partial charge is 0.239 e. The van der Waals surface area contributed by atoms with E-state index in [2.05, 4.69) is 10.6 Å². The molecule has 0 aliphatic rings. The van der Waals surface area contributed by atoms with E-state index >= 15 is 0 Å². The first-order valence-electron chi connectivity index (χ1n) is 7.51. The number of nitrogens with one attached hydrogen (secondary N) is 2. The molecule has 0 spiro atoms. The van der Waals surface area contributed by atoms with Crippen LogP contribution in [-0.4, -0.2) is 11.8 Å². The minimum atomic E-state index is -1.41. The van der Waals surface area contributed by atoms with Gasteiger partial charge in [-0.2, -0.15) is 10.5 Å². The highest BCUT2D eigenvalue weighted by Crippen LogP contribution is 2.24. The van der Waals surface area contributed by atoms with Gasteiger partial charge in [-0.05, 0) is 38.1 Å². The highest BCUT2D eigenvalue weighted by molar-refractivity contribution is 6.14. The van der Waals surface area contributed by atoms with E-state index in [1.54, 1.807) is 48.5 Å². The molecule has 0 unspecified atom stereocenters. The lowest BCUT2D eigenvalue weighted by molar-refractivity contribution is -0.135. The zero-order chi connectivity index (χ0) is 18.4. The van der Waals surface area contributed by atoms with Crippen molar-refractivity contribution in [3.05, 3.63) is 59.7 Å². The number of carbonyl (C=O) groups excluding carboxylic acids is 2. The molecule has 0 radical (unpaired) electrons. The van der Waals surface area contributed by atoms with Gasteiger partial charge in [-0.25, -0.2) is 0 Å². The number of nitriles is 2. The molecule has 2 aromatic rings. The van der Waals surface area contributed by atoms with Crippen LogP contribution in [0.5, 0.6) is 0 Å². The third-order valence-electron chi connectivity index (χ3n) is 3.73. The molecule has 0 atom stereocenters. The lowest BCUT2D eigenvalue weighted by atomic mass is 9.90. The fourth-order valence-electron chi connectivity index (χ4n) is 2.04. The Morgan fingerprint density at radius 2 is 1.16 bits per heavy atom. The zero-order valence-electron chi connectivity index (χ0n) is 13.8.